The van der Waals surface area contributed by atoms with Crippen LogP contribution in [0.5, 0.6) is 0 Å². The van der Waals surface area contributed by atoms with Crippen LogP contribution in [0.4, 0.5) is 0 Å². The van der Waals surface area contributed by atoms with Crippen molar-refractivity contribution in [2.75, 3.05) is 0 Å². The average Bonchev–Trinajstić information content (AvgIpc) is 2.28. The van der Waals surface area contributed by atoms with Crippen LogP contribution in [-0.4, -0.2) is 16.3 Å². The van der Waals surface area contributed by atoms with Crippen LogP contribution < -0.4 is 0 Å². The molecule has 2 rings (SSSR count). The van der Waals surface area contributed by atoms with Gasteiger partial charge in [0.15, 0.2) is 0 Å². The van der Waals surface area contributed by atoms with Crippen molar-refractivity contribution in [3.8, 4) is 0 Å². The number of rotatable bonds is 3. The van der Waals surface area contributed by atoms with Gasteiger partial charge in [-0.3, -0.25) is 5.26 Å². The first-order valence-electron chi connectivity index (χ1n) is 4.73. The lowest BCUT2D eigenvalue weighted by atomic mass is 10.0. The standard InChI is InChI=1S/C12H10O4/c13-12(14)11-4-3-9-5-8(7-16-15)1-2-10(9)6-11/h1-6,15H,7H2,(H,13,14). The second-order valence-corrected chi connectivity index (χ2v) is 3.47. The molecule has 4 nitrogen and oxygen atoms in total. The monoisotopic (exact) mass is 218 g/mol. The molecule has 0 spiro atoms. The van der Waals surface area contributed by atoms with Crippen molar-refractivity contribution in [1.29, 1.82) is 0 Å². The Balaban J connectivity index is 2.48. The van der Waals surface area contributed by atoms with Crippen LogP contribution in [-0.2, 0) is 11.5 Å². The molecule has 0 heterocycles. The fourth-order valence-electron chi connectivity index (χ4n) is 1.59. The third-order valence-electron chi connectivity index (χ3n) is 2.38. The van der Waals surface area contributed by atoms with Crippen LogP contribution in [0.1, 0.15) is 15.9 Å². The molecular formula is C12H10O4. The minimum atomic E-state index is -0.940. The van der Waals surface area contributed by atoms with E-state index in [1.807, 2.05) is 6.07 Å². The summed E-state index contributed by atoms with van der Waals surface area (Å²) in [6.07, 6.45) is 0. The quantitative estimate of drug-likeness (QED) is 0.613. The van der Waals surface area contributed by atoms with Crippen molar-refractivity contribution in [1.82, 2.24) is 0 Å². The molecule has 0 radical (unpaired) electrons. The maximum absolute atomic E-state index is 10.8. The Bertz CT molecular complexity index is 534. The van der Waals surface area contributed by atoms with Gasteiger partial charge >= 0.3 is 5.97 Å². The highest BCUT2D eigenvalue weighted by molar-refractivity contribution is 5.94. The molecule has 2 N–H and O–H groups in total. The van der Waals surface area contributed by atoms with Crippen molar-refractivity contribution in [2.24, 2.45) is 0 Å². The molecule has 0 aliphatic heterocycles. The minimum absolute atomic E-state index is 0.122. The zero-order valence-electron chi connectivity index (χ0n) is 8.38. The number of fused-ring (bicyclic) bond motifs is 1. The predicted octanol–water partition coefficient (Wildman–Crippen LogP) is 2.53. The van der Waals surface area contributed by atoms with Crippen LogP contribution in [0, 0.1) is 0 Å². The lowest BCUT2D eigenvalue weighted by Crippen LogP contribution is -1.95. The first-order valence-corrected chi connectivity index (χ1v) is 4.73. The summed E-state index contributed by atoms with van der Waals surface area (Å²) in [4.78, 5) is 14.8. The van der Waals surface area contributed by atoms with E-state index in [2.05, 4.69) is 4.89 Å². The third-order valence-corrected chi connectivity index (χ3v) is 2.38. The van der Waals surface area contributed by atoms with Gasteiger partial charge in [0.1, 0.15) is 6.61 Å². The molecule has 0 aliphatic rings. The average molecular weight is 218 g/mol. The summed E-state index contributed by atoms with van der Waals surface area (Å²) >= 11 is 0. The van der Waals surface area contributed by atoms with Gasteiger partial charge in [0.25, 0.3) is 0 Å². The van der Waals surface area contributed by atoms with Crippen molar-refractivity contribution >= 4 is 16.7 Å². The highest BCUT2D eigenvalue weighted by Crippen LogP contribution is 2.18. The van der Waals surface area contributed by atoms with E-state index >= 15 is 0 Å². The van der Waals surface area contributed by atoms with Crippen LogP contribution in [0.3, 0.4) is 0 Å². The molecule has 0 fully saturated rings. The summed E-state index contributed by atoms with van der Waals surface area (Å²) in [6.45, 7) is 0.122. The van der Waals surface area contributed by atoms with Gasteiger partial charge in [-0.1, -0.05) is 18.2 Å². The molecule has 82 valence electrons. The van der Waals surface area contributed by atoms with Gasteiger partial charge in [0.05, 0.1) is 5.56 Å². The van der Waals surface area contributed by atoms with Crippen LogP contribution >= 0.6 is 0 Å². The Morgan fingerprint density at radius 1 is 1.12 bits per heavy atom. The first-order chi connectivity index (χ1) is 7.70. The minimum Gasteiger partial charge on any atom is -0.478 e. The Morgan fingerprint density at radius 3 is 2.50 bits per heavy atom. The molecule has 4 heteroatoms. The summed E-state index contributed by atoms with van der Waals surface area (Å²) < 4.78 is 0. The van der Waals surface area contributed by atoms with Crippen LogP contribution in [0.2, 0.25) is 0 Å². The summed E-state index contributed by atoms with van der Waals surface area (Å²) in [5.41, 5.74) is 1.09. The second-order valence-electron chi connectivity index (χ2n) is 3.47. The molecule has 0 saturated heterocycles. The van der Waals surface area contributed by atoms with Crippen molar-refractivity contribution < 1.29 is 20.0 Å². The lowest BCUT2D eigenvalue weighted by molar-refractivity contribution is -0.252. The molecular weight excluding hydrogens is 208 g/mol. The zero-order chi connectivity index (χ0) is 11.5. The van der Waals surface area contributed by atoms with Crippen molar-refractivity contribution in [3.05, 3.63) is 47.5 Å². The van der Waals surface area contributed by atoms with Gasteiger partial charge in [-0.25, -0.2) is 9.68 Å². The van der Waals surface area contributed by atoms with E-state index in [9.17, 15) is 4.79 Å². The highest BCUT2D eigenvalue weighted by Gasteiger charge is 2.03. The molecule has 16 heavy (non-hydrogen) atoms. The van der Waals surface area contributed by atoms with Crippen molar-refractivity contribution in [3.63, 3.8) is 0 Å². The van der Waals surface area contributed by atoms with Gasteiger partial charge in [-0.05, 0) is 34.5 Å². The molecule has 0 amide bonds. The van der Waals surface area contributed by atoms with Crippen molar-refractivity contribution in [2.45, 2.75) is 6.61 Å². The molecule has 2 aromatic rings. The Hall–Kier alpha value is -1.91. The third kappa shape index (κ3) is 2.03. The molecule has 0 atom stereocenters. The number of carbonyl (C=O) groups is 1. The van der Waals surface area contributed by atoms with E-state index in [1.165, 1.54) is 0 Å². The van der Waals surface area contributed by atoms with E-state index in [4.69, 9.17) is 10.4 Å². The first kappa shape index (κ1) is 10.6. The SMILES string of the molecule is O=C(O)c1ccc2cc(COO)ccc2c1. The van der Waals surface area contributed by atoms with E-state index in [0.29, 0.717) is 0 Å². The number of hydrogen-bond donors (Lipinski definition) is 2. The molecule has 0 saturated carbocycles. The molecule has 2 aromatic carbocycles. The lowest BCUT2D eigenvalue weighted by Gasteiger charge is -2.03. The normalized spacial score (nSPS) is 10.6. The predicted molar refractivity (Wildman–Crippen MR) is 58.3 cm³/mol. The Labute approximate surface area is 91.6 Å². The number of carboxylic acid groups (broad SMARTS) is 1. The van der Waals surface area contributed by atoms with Gasteiger partial charge < -0.3 is 5.11 Å². The maximum atomic E-state index is 10.8. The fourth-order valence-corrected chi connectivity index (χ4v) is 1.59. The van der Waals surface area contributed by atoms with E-state index in [1.54, 1.807) is 30.3 Å². The van der Waals surface area contributed by atoms with Gasteiger partial charge in [0, 0.05) is 0 Å². The molecule has 0 unspecified atom stereocenters. The number of aromatic carboxylic acids is 1. The summed E-state index contributed by atoms with van der Waals surface area (Å²) in [5, 5.41) is 18.9. The molecule has 0 aliphatic carbocycles. The Kier molecular flexibility index (Phi) is 2.85. The maximum Gasteiger partial charge on any atom is 0.335 e. The zero-order valence-corrected chi connectivity index (χ0v) is 8.38. The summed E-state index contributed by atoms with van der Waals surface area (Å²) in [7, 11) is 0. The molecule has 0 bridgehead atoms. The smallest absolute Gasteiger partial charge is 0.335 e. The number of benzene rings is 2. The van der Waals surface area contributed by atoms with Gasteiger partial charge in [-0.2, -0.15) is 0 Å². The second kappa shape index (κ2) is 4.30. The fraction of sp³-hybridized carbons (Fsp3) is 0.0833. The highest BCUT2D eigenvalue weighted by atomic mass is 17.1. The van der Waals surface area contributed by atoms with Crippen LogP contribution in [0.25, 0.3) is 10.8 Å². The number of carboxylic acids is 1. The largest absolute Gasteiger partial charge is 0.478 e. The van der Waals surface area contributed by atoms with Crippen LogP contribution in [0.15, 0.2) is 36.4 Å². The Morgan fingerprint density at radius 2 is 1.81 bits per heavy atom. The topological polar surface area (TPSA) is 66.8 Å². The molecule has 0 aromatic heterocycles. The summed E-state index contributed by atoms with van der Waals surface area (Å²) in [6, 6.07) is 10.3. The number of hydrogen-bond acceptors (Lipinski definition) is 3. The van der Waals surface area contributed by atoms with E-state index < -0.39 is 5.97 Å². The van der Waals surface area contributed by atoms with E-state index in [-0.39, 0.29) is 12.2 Å². The van der Waals surface area contributed by atoms with E-state index in [0.717, 1.165) is 16.3 Å². The van der Waals surface area contributed by atoms with Gasteiger partial charge in [0.2, 0.25) is 0 Å². The summed E-state index contributed by atoms with van der Waals surface area (Å²) in [5.74, 6) is -0.940. The van der Waals surface area contributed by atoms with Gasteiger partial charge in [-0.15, -0.1) is 0 Å².